The highest BCUT2D eigenvalue weighted by Gasteiger charge is 2.09. The summed E-state index contributed by atoms with van der Waals surface area (Å²) in [6.45, 7) is 1.74. The first kappa shape index (κ1) is 14.9. The second-order valence-electron chi connectivity index (χ2n) is 4.27. The molecule has 6 heteroatoms. The first-order valence-electron chi connectivity index (χ1n) is 5.70. The lowest BCUT2D eigenvalue weighted by Crippen LogP contribution is -2.10. The monoisotopic (exact) mass is 356 g/mol. The first-order chi connectivity index (χ1) is 9.38. The maximum absolute atomic E-state index is 13.9. The SMILES string of the molecule is Cc1cc(F)c(Br)cc1Nc1ccc(C(N)=S)cc1F. The van der Waals surface area contributed by atoms with Crippen LogP contribution in [-0.4, -0.2) is 4.99 Å². The normalized spacial score (nSPS) is 10.4. The van der Waals surface area contributed by atoms with Crippen LogP contribution in [0.5, 0.6) is 0 Å². The van der Waals surface area contributed by atoms with Crippen LogP contribution in [0.4, 0.5) is 20.2 Å². The summed E-state index contributed by atoms with van der Waals surface area (Å²) in [6.07, 6.45) is 0. The van der Waals surface area contributed by atoms with Crippen molar-refractivity contribution in [2.45, 2.75) is 6.92 Å². The van der Waals surface area contributed by atoms with Crippen molar-refractivity contribution in [2.24, 2.45) is 5.73 Å². The third-order valence-corrected chi connectivity index (χ3v) is 3.63. The molecule has 2 rings (SSSR count). The number of thiocarbonyl (C=S) groups is 1. The van der Waals surface area contributed by atoms with Gasteiger partial charge in [0.15, 0.2) is 0 Å². The van der Waals surface area contributed by atoms with Gasteiger partial charge in [0.1, 0.15) is 16.6 Å². The molecule has 0 atom stereocenters. The van der Waals surface area contributed by atoms with Gasteiger partial charge in [-0.05, 0) is 58.7 Å². The predicted octanol–water partition coefficient (Wildman–Crippen LogP) is 4.41. The molecule has 0 saturated carbocycles. The summed E-state index contributed by atoms with van der Waals surface area (Å²) in [5.41, 5.74) is 7.45. The second-order valence-corrected chi connectivity index (χ2v) is 5.56. The molecule has 0 aliphatic carbocycles. The molecule has 0 aromatic heterocycles. The third kappa shape index (κ3) is 3.13. The molecule has 0 unspecified atom stereocenters. The number of hydrogen-bond donors (Lipinski definition) is 2. The van der Waals surface area contributed by atoms with Gasteiger partial charge in [-0.1, -0.05) is 12.2 Å². The van der Waals surface area contributed by atoms with Gasteiger partial charge in [0.25, 0.3) is 0 Å². The predicted molar refractivity (Wildman–Crippen MR) is 84.4 cm³/mol. The molecule has 2 aromatic carbocycles. The van der Waals surface area contributed by atoms with E-state index in [1.165, 1.54) is 12.1 Å². The van der Waals surface area contributed by atoms with Crippen LogP contribution in [-0.2, 0) is 0 Å². The maximum Gasteiger partial charge on any atom is 0.147 e. The van der Waals surface area contributed by atoms with Crippen LogP contribution in [0.25, 0.3) is 0 Å². The zero-order valence-electron chi connectivity index (χ0n) is 10.5. The minimum absolute atomic E-state index is 0.135. The molecule has 0 aliphatic heterocycles. The summed E-state index contributed by atoms with van der Waals surface area (Å²) in [5, 5.41) is 2.92. The third-order valence-electron chi connectivity index (χ3n) is 2.79. The fourth-order valence-corrected chi connectivity index (χ4v) is 2.17. The van der Waals surface area contributed by atoms with Gasteiger partial charge in [0.2, 0.25) is 0 Å². The van der Waals surface area contributed by atoms with Crippen molar-refractivity contribution in [2.75, 3.05) is 5.32 Å². The van der Waals surface area contributed by atoms with Gasteiger partial charge in [-0.2, -0.15) is 0 Å². The van der Waals surface area contributed by atoms with Crippen LogP contribution < -0.4 is 11.1 Å². The van der Waals surface area contributed by atoms with E-state index >= 15 is 0 Å². The van der Waals surface area contributed by atoms with E-state index in [1.54, 1.807) is 25.1 Å². The summed E-state index contributed by atoms with van der Waals surface area (Å²) < 4.78 is 27.6. The van der Waals surface area contributed by atoms with Crippen molar-refractivity contribution in [3.63, 3.8) is 0 Å². The van der Waals surface area contributed by atoms with Crippen LogP contribution in [0, 0.1) is 18.6 Å². The van der Waals surface area contributed by atoms with Gasteiger partial charge in [0, 0.05) is 11.3 Å². The Bertz CT molecular complexity index is 689. The van der Waals surface area contributed by atoms with Crippen LogP contribution in [0.15, 0.2) is 34.8 Å². The van der Waals surface area contributed by atoms with E-state index in [0.29, 0.717) is 21.3 Å². The molecule has 2 nitrogen and oxygen atoms in total. The van der Waals surface area contributed by atoms with E-state index in [-0.39, 0.29) is 16.5 Å². The average Bonchev–Trinajstić information content (AvgIpc) is 2.37. The van der Waals surface area contributed by atoms with Crippen molar-refractivity contribution in [3.8, 4) is 0 Å². The Morgan fingerprint density at radius 1 is 1.15 bits per heavy atom. The van der Waals surface area contributed by atoms with Crippen molar-refractivity contribution in [1.29, 1.82) is 0 Å². The number of halogens is 3. The Morgan fingerprint density at radius 2 is 1.85 bits per heavy atom. The maximum atomic E-state index is 13.9. The number of nitrogens with one attached hydrogen (secondary N) is 1. The minimum Gasteiger partial charge on any atom is -0.389 e. The minimum atomic E-state index is -0.477. The molecule has 2 aromatic rings. The number of hydrogen-bond acceptors (Lipinski definition) is 2. The Balaban J connectivity index is 2.35. The average molecular weight is 357 g/mol. The van der Waals surface area contributed by atoms with E-state index in [1.807, 2.05) is 0 Å². The van der Waals surface area contributed by atoms with Crippen molar-refractivity contribution < 1.29 is 8.78 Å². The molecular formula is C14H11BrF2N2S. The number of aryl methyl sites for hydroxylation is 1. The molecule has 0 aliphatic rings. The molecule has 0 spiro atoms. The summed E-state index contributed by atoms with van der Waals surface area (Å²) in [6, 6.07) is 7.36. The summed E-state index contributed by atoms with van der Waals surface area (Å²) in [4.78, 5) is 0.135. The van der Waals surface area contributed by atoms with E-state index in [0.717, 1.165) is 0 Å². The number of anilines is 2. The van der Waals surface area contributed by atoms with Crippen LogP contribution in [0.2, 0.25) is 0 Å². The van der Waals surface area contributed by atoms with E-state index in [2.05, 4.69) is 21.2 Å². The second kappa shape index (κ2) is 5.85. The highest BCUT2D eigenvalue weighted by atomic mass is 79.9. The highest BCUT2D eigenvalue weighted by molar-refractivity contribution is 9.10. The van der Waals surface area contributed by atoms with E-state index in [9.17, 15) is 8.78 Å². The van der Waals surface area contributed by atoms with Crippen molar-refractivity contribution in [1.82, 2.24) is 0 Å². The van der Waals surface area contributed by atoms with Crippen LogP contribution >= 0.6 is 28.1 Å². The number of rotatable bonds is 3. The summed E-state index contributed by atoms with van der Waals surface area (Å²) >= 11 is 7.89. The Hall–Kier alpha value is -1.53. The van der Waals surface area contributed by atoms with Gasteiger partial charge in [-0.3, -0.25) is 0 Å². The Morgan fingerprint density at radius 3 is 2.45 bits per heavy atom. The Labute approximate surface area is 129 Å². The fourth-order valence-electron chi connectivity index (χ4n) is 1.70. The highest BCUT2D eigenvalue weighted by Crippen LogP contribution is 2.28. The van der Waals surface area contributed by atoms with Gasteiger partial charge in [-0.25, -0.2) is 8.78 Å². The number of benzene rings is 2. The van der Waals surface area contributed by atoms with Crippen molar-refractivity contribution in [3.05, 3.63) is 57.6 Å². The van der Waals surface area contributed by atoms with Gasteiger partial charge < -0.3 is 11.1 Å². The molecule has 0 fully saturated rings. The van der Waals surface area contributed by atoms with E-state index in [4.69, 9.17) is 18.0 Å². The quantitative estimate of drug-likeness (QED) is 0.799. The largest absolute Gasteiger partial charge is 0.389 e. The van der Waals surface area contributed by atoms with Crippen LogP contribution in [0.1, 0.15) is 11.1 Å². The number of nitrogens with two attached hydrogens (primary N) is 1. The molecule has 0 radical (unpaired) electrons. The topological polar surface area (TPSA) is 38.0 Å². The lowest BCUT2D eigenvalue weighted by atomic mass is 10.1. The molecule has 0 saturated heterocycles. The summed E-state index contributed by atoms with van der Waals surface area (Å²) in [5.74, 6) is -0.840. The zero-order valence-corrected chi connectivity index (χ0v) is 12.9. The van der Waals surface area contributed by atoms with Crippen molar-refractivity contribution >= 4 is 44.5 Å². The lowest BCUT2D eigenvalue weighted by molar-refractivity contribution is 0.620. The molecular weight excluding hydrogens is 346 g/mol. The molecule has 104 valence electrons. The zero-order chi connectivity index (χ0) is 14.9. The molecule has 0 bridgehead atoms. The molecule has 0 heterocycles. The molecule has 20 heavy (non-hydrogen) atoms. The Kier molecular flexibility index (Phi) is 4.35. The molecule has 0 amide bonds. The van der Waals surface area contributed by atoms with Gasteiger partial charge >= 0.3 is 0 Å². The van der Waals surface area contributed by atoms with E-state index < -0.39 is 5.82 Å². The fraction of sp³-hybridized carbons (Fsp3) is 0.0714. The molecule has 3 N–H and O–H groups in total. The lowest BCUT2D eigenvalue weighted by Gasteiger charge is -2.12. The smallest absolute Gasteiger partial charge is 0.147 e. The van der Waals surface area contributed by atoms with Crippen LogP contribution in [0.3, 0.4) is 0 Å². The van der Waals surface area contributed by atoms with Gasteiger partial charge in [0.05, 0.1) is 10.2 Å². The summed E-state index contributed by atoms with van der Waals surface area (Å²) in [7, 11) is 0. The van der Waals surface area contributed by atoms with Gasteiger partial charge in [-0.15, -0.1) is 0 Å². The standard InChI is InChI=1S/C14H11BrF2N2S/c1-7-4-10(16)9(15)6-13(7)19-12-3-2-8(14(18)20)5-11(12)17/h2-6,19H,1H3,(H2,18,20). The first-order valence-corrected chi connectivity index (χ1v) is 6.90.